The molecule has 0 saturated carbocycles. The van der Waals surface area contributed by atoms with Gasteiger partial charge in [0.15, 0.2) is 0 Å². The second kappa shape index (κ2) is 7.26. The van der Waals surface area contributed by atoms with Crippen molar-refractivity contribution in [2.75, 3.05) is 19.6 Å². The molecule has 1 aromatic carbocycles. The third-order valence-electron chi connectivity index (χ3n) is 5.22. The maximum atomic E-state index is 13.2. The third-order valence-corrected chi connectivity index (χ3v) is 5.22. The summed E-state index contributed by atoms with van der Waals surface area (Å²) in [5.41, 5.74) is 3.18. The predicted molar refractivity (Wildman–Crippen MR) is 104 cm³/mol. The second-order valence-electron chi connectivity index (χ2n) is 8.56. The molecule has 2 amide bonds. The molecule has 0 aromatic heterocycles. The molecule has 2 atom stereocenters. The summed E-state index contributed by atoms with van der Waals surface area (Å²) in [5.74, 6) is 1.02. The van der Waals surface area contributed by atoms with Crippen molar-refractivity contribution in [3.8, 4) is 0 Å². The number of aryl methyl sites for hydroxylation is 1. The van der Waals surface area contributed by atoms with Gasteiger partial charge in [-0.1, -0.05) is 57.5 Å². The van der Waals surface area contributed by atoms with Crippen LogP contribution in [0, 0.1) is 24.7 Å². The van der Waals surface area contributed by atoms with Crippen molar-refractivity contribution in [3.63, 3.8) is 0 Å². The smallest absolute Gasteiger partial charge is 0.277 e. The maximum absolute atomic E-state index is 13.2. The number of amides is 2. The molecule has 0 bridgehead atoms. The molecule has 0 N–H and O–H groups in total. The lowest BCUT2D eigenvalue weighted by Crippen LogP contribution is -2.42. The van der Waals surface area contributed by atoms with Crippen LogP contribution in [0.4, 0.5) is 0 Å². The van der Waals surface area contributed by atoms with Crippen molar-refractivity contribution >= 4 is 17.4 Å². The molecule has 1 aromatic rings. The van der Waals surface area contributed by atoms with Crippen LogP contribution in [-0.2, 0) is 9.59 Å². The van der Waals surface area contributed by atoms with E-state index < -0.39 is 0 Å². The molecule has 4 nitrogen and oxygen atoms in total. The Bertz CT molecular complexity index is 723. The number of hydrogen-bond acceptors (Lipinski definition) is 3. The molecule has 2 aliphatic rings. The van der Waals surface area contributed by atoms with Crippen LogP contribution >= 0.6 is 0 Å². The van der Waals surface area contributed by atoms with Crippen LogP contribution in [0.15, 0.2) is 30.0 Å². The van der Waals surface area contributed by atoms with Gasteiger partial charge in [0.25, 0.3) is 11.8 Å². The van der Waals surface area contributed by atoms with Crippen molar-refractivity contribution in [2.45, 2.75) is 41.0 Å². The summed E-state index contributed by atoms with van der Waals surface area (Å²) < 4.78 is 0. The molecule has 0 radical (unpaired) electrons. The highest BCUT2D eigenvalue weighted by molar-refractivity contribution is 6.35. The van der Waals surface area contributed by atoms with E-state index in [-0.39, 0.29) is 17.7 Å². The van der Waals surface area contributed by atoms with E-state index in [0.717, 1.165) is 24.2 Å². The summed E-state index contributed by atoms with van der Waals surface area (Å²) in [4.78, 5) is 30.0. The average Bonchev–Trinajstić information content (AvgIpc) is 2.79. The lowest BCUT2D eigenvalue weighted by atomic mass is 9.91. The summed E-state index contributed by atoms with van der Waals surface area (Å²) in [6, 6.07) is 7.94. The fourth-order valence-electron chi connectivity index (χ4n) is 4.21. The first-order valence-corrected chi connectivity index (χ1v) is 9.70. The SMILES string of the molecule is Cc1ccc(C2=C(N3CC(C)CC(C)C3)C(=O)N(CC(C)C)C2=O)cc1. The Hall–Kier alpha value is -2.10. The summed E-state index contributed by atoms with van der Waals surface area (Å²) >= 11 is 0. The van der Waals surface area contributed by atoms with Crippen LogP contribution in [0.25, 0.3) is 5.57 Å². The van der Waals surface area contributed by atoms with Gasteiger partial charge in [-0.2, -0.15) is 0 Å². The number of rotatable bonds is 4. The molecule has 2 heterocycles. The molecule has 2 unspecified atom stereocenters. The quantitative estimate of drug-likeness (QED) is 0.774. The zero-order valence-electron chi connectivity index (χ0n) is 16.6. The maximum Gasteiger partial charge on any atom is 0.277 e. The van der Waals surface area contributed by atoms with Crippen LogP contribution in [0.5, 0.6) is 0 Å². The minimum atomic E-state index is -0.145. The Morgan fingerprint density at radius 3 is 2.12 bits per heavy atom. The van der Waals surface area contributed by atoms with Gasteiger partial charge in [0, 0.05) is 19.6 Å². The van der Waals surface area contributed by atoms with E-state index in [1.807, 2.05) is 45.0 Å². The number of piperidine rings is 1. The molecular formula is C22H30N2O2. The van der Waals surface area contributed by atoms with Gasteiger partial charge in [-0.05, 0) is 36.7 Å². The standard InChI is InChI=1S/C22H30N2O2/c1-14(2)11-24-21(25)19(18-8-6-15(3)7-9-18)20(22(24)26)23-12-16(4)10-17(5)13-23/h6-9,14,16-17H,10-13H2,1-5H3. The van der Waals surface area contributed by atoms with Crippen molar-refractivity contribution < 1.29 is 9.59 Å². The Labute approximate surface area is 156 Å². The van der Waals surface area contributed by atoms with Crippen LogP contribution < -0.4 is 0 Å². The number of nitrogens with zero attached hydrogens (tertiary/aromatic N) is 2. The van der Waals surface area contributed by atoms with Crippen LogP contribution in [-0.4, -0.2) is 41.2 Å². The van der Waals surface area contributed by atoms with E-state index >= 15 is 0 Å². The minimum Gasteiger partial charge on any atom is -0.366 e. The summed E-state index contributed by atoms with van der Waals surface area (Å²) in [5, 5.41) is 0. The van der Waals surface area contributed by atoms with Crippen LogP contribution in [0.1, 0.15) is 45.2 Å². The van der Waals surface area contributed by atoms with Gasteiger partial charge in [0.05, 0.1) is 5.57 Å². The minimum absolute atomic E-state index is 0.124. The first-order chi connectivity index (χ1) is 12.3. The van der Waals surface area contributed by atoms with Crippen molar-refractivity contribution in [3.05, 3.63) is 41.1 Å². The zero-order chi connectivity index (χ0) is 19.0. The normalized spacial score (nSPS) is 24.2. The monoisotopic (exact) mass is 354 g/mol. The number of likely N-dealkylation sites (tertiary alicyclic amines) is 1. The molecule has 0 spiro atoms. The van der Waals surface area contributed by atoms with E-state index in [1.165, 1.54) is 11.3 Å². The molecular weight excluding hydrogens is 324 g/mol. The lowest BCUT2D eigenvalue weighted by Gasteiger charge is -2.37. The fraction of sp³-hybridized carbons (Fsp3) is 0.545. The number of imide groups is 1. The highest BCUT2D eigenvalue weighted by atomic mass is 16.2. The van der Waals surface area contributed by atoms with Crippen LogP contribution in [0.2, 0.25) is 0 Å². The Morgan fingerprint density at radius 2 is 1.58 bits per heavy atom. The first-order valence-electron chi connectivity index (χ1n) is 9.70. The number of hydrogen-bond donors (Lipinski definition) is 0. The highest BCUT2D eigenvalue weighted by Crippen LogP contribution is 2.35. The topological polar surface area (TPSA) is 40.6 Å². The fourth-order valence-corrected chi connectivity index (χ4v) is 4.21. The molecule has 1 fully saturated rings. The van der Waals surface area contributed by atoms with E-state index in [2.05, 4.69) is 18.7 Å². The molecule has 0 aliphatic carbocycles. The predicted octanol–water partition coefficient (Wildman–Crippen LogP) is 3.71. The molecule has 140 valence electrons. The Balaban J connectivity index is 2.07. The average molecular weight is 354 g/mol. The molecule has 26 heavy (non-hydrogen) atoms. The van der Waals surface area contributed by atoms with Crippen molar-refractivity contribution in [2.24, 2.45) is 17.8 Å². The zero-order valence-corrected chi connectivity index (χ0v) is 16.6. The second-order valence-corrected chi connectivity index (χ2v) is 8.56. The van der Waals surface area contributed by atoms with Crippen LogP contribution in [0.3, 0.4) is 0 Å². The third kappa shape index (κ3) is 3.55. The summed E-state index contributed by atoms with van der Waals surface area (Å²) in [7, 11) is 0. The van der Waals surface area contributed by atoms with Gasteiger partial charge >= 0.3 is 0 Å². The Kier molecular flexibility index (Phi) is 5.22. The van der Waals surface area contributed by atoms with E-state index in [4.69, 9.17) is 0 Å². The molecule has 1 saturated heterocycles. The summed E-state index contributed by atoms with van der Waals surface area (Å²) in [6.07, 6.45) is 1.17. The van der Waals surface area contributed by atoms with E-state index in [9.17, 15) is 9.59 Å². The number of carbonyl (C=O) groups is 2. The molecule has 2 aliphatic heterocycles. The Morgan fingerprint density at radius 1 is 1.00 bits per heavy atom. The largest absolute Gasteiger partial charge is 0.366 e. The number of carbonyl (C=O) groups excluding carboxylic acids is 2. The lowest BCUT2D eigenvalue weighted by molar-refractivity contribution is -0.138. The van der Waals surface area contributed by atoms with E-state index in [1.54, 1.807) is 0 Å². The van der Waals surface area contributed by atoms with Gasteiger partial charge in [-0.25, -0.2) is 0 Å². The van der Waals surface area contributed by atoms with Gasteiger partial charge in [0.1, 0.15) is 5.70 Å². The summed E-state index contributed by atoms with van der Waals surface area (Å²) in [6.45, 7) is 12.7. The van der Waals surface area contributed by atoms with E-state index in [0.29, 0.717) is 29.7 Å². The first kappa shape index (κ1) is 18.7. The van der Waals surface area contributed by atoms with Crippen molar-refractivity contribution in [1.82, 2.24) is 9.80 Å². The van der Waals surface area contributed by atoms with Gasteiger partial charge in [0.2, 0.25) is 0 Å². The van der Waals surface area contributed by atoms with Gasteiger partial charge < -0.3 is 4.90 Å². The number of benzene rings is 1. The van der Waals surface area contributed by atoms with Crippen molar-refractivity contribution in [1.29, 1.82) is 0 Å². The highest BCUT2D eigenvalue weighted by Gasteiger charge is 2.42. The van der Waals surface area contributed by atoms with Gasteiger partial charge in [-0.3, -0.25) is 14.5 Å². The van der Waals surface area contributed by atoms with Gasteiger partial charge in [-0.15, -0.1) is 0 Å². The molecule has 4 heteroatoms. The molecule has 3 rings (SSSR count).